The van der Waals surface area contributed by atoms with Crippen molar-refractivity contribution in [2.75, 3.05) is 6.26 Å². The maximum absolute atomic E-state index is 12.0. The van der Waals surface area contributed by atoms with Gasteiger partial charge < -0.3 is 4.57 Å². The van der Waals surface area contributed by atoms with Gasteiger partial charge in [0.25, 0.3) is 0 Å². The number of thioether (sulfide) groups is 1. The summed E-state index contributed by atoms with van der Waals surface area (Å²) in [6.45, 7) is 0.205. The average molecular weight is 303 g/mol. The van der Waals surface area contributed by atoms with Crippen LogP contribution >= 0.6 is 11.8 Å². The van der Waals surface area contributed by atoms with E-state index in [1.54, 1.807) is 0 Å². The third-order valence-corrected chi connectivity index (χ3v) is 3.44. The summed E-state index contributed by atoms with van der Waals surface area (Å²) in [4.78, 5) is 26.5. The standard InChI is InChI=1S/C14H13N3O3S/c1-21-13(15-11-6-3-2-4-7-11)10-16-9-5-8-12(14(16)18)17(19)20/h2-9H,10H2,1H3. The van der Waals surface area contributed by atoms with Gasteiger partial charge in [0.1, 0.15) is 0 Å². The van der Waals surface area contributed by atoms with Crippen molar-refractivity contribution >= 4 is 28.2 Å². The molecule has 0 aliphatic rings. The molecular formula is C14H13N3O3S. The van der Waals surface area contributed by atoms with Crippen molar-refractivity contribution < 1.29 is 4.92 Å². The van der Waals surface area contributed by atoms with Crippen LogP contribution in [0.3, 0.4) is 0 Å². The first kappa shape index (κ1) is 15.0. The van der Waals surface area contributed by atoms with Crippen LogP contribution in [0.2, 0.25) is 0 Å². The topological polar surface area (TPSA) is 77.5 Å². The fourth-order valence-electron chi connectivity index (χ4n) is 1.73. The Bertz CT molecular complexity index is 726. The molecule has 0 bridgehead atoms. The predicted molar refractivity (Wildman–Crippen MR) is 84.4 cm³/mol. The van der Waals surface area contributed by atoms with E-state index >= 15 is 0 Å². The zero-order valence-corrected chi connectivity index (χ0v) is 12.1. The quantitative estimate of drug-likeness (QED) is 0.376. The van der Waals surface area contributed by atoms with Gasteiger partial charge in [0.05, 0.1) is 22.2 Å². The molecule has 2 aromatic rings. The predicted octanol–water partition coefficient (Wildman–Crippen LogP) is 2.85. The highest BCUT2D eigenvalue weighted by atomic mass is 32.2. The lowest BCUT2D eigenvalue weighted by Gasteiger charge is -2.06. The Kier molecular flexibility index (Phi) is 4.89. The molecule has 2 rings (SSSR count). The van der Waals surface area contributed by atoms with Gasteiger partial charge in [-0.25, -0.2) is 4.99 Å². The summed E-state index contributed by atoms with van der Waals surface area (Å²) in [6, 6.07) is 12.0. The van der Waals surface area contributed by atoms with E-state index in [-0.39, 0.29) is 6.54 Å². The normalized spacial score (nSPS) is 11.4. The second kappa shape index (κ2) is 6.85. The first-order valence-corrected chi connectivity index (χ1v) is 7.34. The van der Waals surface area contributed by atoms with Gasteiger partial charge in [-0.2, -0.15) is 0 Å². The lowest BCUT2D eigenvalue weighted by atomic mass is 10.3. The Labute approximate surface area is 125 Å². The molecular weight excluding hydrogens is 290 g/mol. The summed E-state index contributed by atoms with van der Waals surface area (Å²) < 4.78 is 1.29. The van der Waals surface area contributed by atoms with Gasteiger partial charge in [-0.05, 0) is 24.5 Å². The first-order valence-electron chi connectivity index (χ1n) is 6.12. The molecule has 108 valence electrons. The molecule has 0 saturated carbocycles. The number of pyridine rings is 1. The van der Waals surface area contributed by atoms with Crippen molar-refractivity contribution in [2.24, 2.45) is 4.99 Å². The van der Waals surface area contributed by atoms with Crippen LogP contribution in [0.5, 0.6) is 0 Å². The molecule has 0 N–H and O–H groups in total. The molecule has 1 heterocycles. The van der Waals surface area contributed by atoms with Gasteiger partial charge in [0, 0.05) is 12.3 Å². The summed E-state index contributed by atoms with van der Waals surface area (Å²) in [5.41, 5.74) is -0.282. The summed E-state index contributed by atoms with van der Waals surface area (Å²) in [7, 11) is 0. The van der Waals surface area contributed by atoms with Gasteiger partial charge in [0.2, 0.25) is 0 Å². The fraction of sp³-hybridized carbons (Fsp3) is 0.143. The van der Waals surface area contributed by atoms with E-state index in [4.69, 9.17) is 0 Å². The summed E-state index contributed by atoms with van der Waals surface area (Å²) in [5.74, 6) is 0. The molecule has 0 saturated heterocycles. The van der Waals surface area contributed by atoms with Crippen molar-refractivity contribution in [2.45, 2.75) is 6.54 Å². The van der Waals surface area contributed by atoms with Gasteiger partial charge in [-0.1, -0.05) is 18.2 Å². The molecule has 7 heteroatoms. The van der Waals surface area contributed by atoms with E-state index in [0.29, 0.717) is 5.04 Å². The van der Waals surface area contributed by atoms with Crippen LogP contribution in [0.15, 0.2) is 58.4 Å². The van der Waals surface area contributed by atoms with Crippen molar-refractivity contribution in [1.82, 2.24) is 4.57 Å². The summed E-state index contributed by atoms with van der Waals surface area (Å²) in [6.07, 6.45) is 3.37. The Morgan fingerprint density at radius 3 is 2.62 bits per heavy atom. The molecule has 0 aliphatic carbocycles. The van der Waals surface area contributed by atoms with Crippen molar-refractivity contribution in [3.8, 4) is 0 Å². The van der Waals surface area contributed by atoms with Crippen LogP contribution in [0, 0.1) is 10.1 Å². The summed E-state index contributed by atoms with van der Waals surface area (Å²) in [5, 5.41) is 11.5. The molecule has 1 aromatic heterocycles. The number of aromatic nitrogens is 1. The maximum atomic E-state index is 12.0. The Morgan fingerprint density at radius 2 is 2.00 bits per heavy atom. The Morgan fingerprint density at radius 1 is 1.29 bits per heavy atom. The van der Waals surface area contributed by atoms with Crippen LogP contribution < -0.4 is 5.56 Å². The van der Waals surface area contributed by atoms with Gasteiger partial charge >= 0.3 is 11.2 Å². The zero-order chi connectivity index (χ0) is 15.2. The van der Waals surface area contributed by atoms with E-state index in [2.05, 4.69) is 4.99 Å². The van der Waals surface area contributed by atoms with E-state index in [0.717, 1.165) is 5.69 Å². The number of aliphatic imine (C=N–C) groups is 1. The van der Waals surface area contributed by atoms with Crippen molar-refractivity contribution in [1.29, 1.82) is 0 Å². The molecule has 0 unspecified atom stereocenters. The van der Waals surface area contributed by atoms with Crippen LogP contribution in [-0.4, -0.2) is 20.8 Å². The number of hydrogen-bond donors (Lipinski definition) is 0. The second-order valence-electron chi connectivity index (χ2n) is 4.13. The van der Waals surface area contributed by atoms with Crippen LogP contribution in [0.4, 0.5) is 11.4 Å². The number of benzene rings is 1. The number of nitro groups is 1. The third kappa shape index (κ3) is 3.79. The zero-order valence-electron chi connectivity index (χ0n) is 11.3. The monoisotopic (exact) mass is 303 g/mol. The highest BCUT2D eigenvalue weighted by molar-refractivity contribution is 8.13. The van der Waals surface area contributed by atoms with Gasteiger partial charge in [-0.15, -0.1) is 11.8 Å². The number of para-hydroxylation sites is 1. The average Bonchev–Trinajstić information content (AvgIpc) is 2.49. The third-order valence-electron chi connectivity index (χ3n) is 2.75. The van der Waals surface area contributed by atoms with E-state index in [1.165, 1.54) is 34.7 Å². The van der Waals surface area contributed by atoms with Crippen LogP contribution in [0.25, 0.3) is 0 Å². The molecule has 0 fully saturated rings. The van der Waals surface area contributed by atoms with Crippen molar-refractivity contribution in [3.05, 3.63) is 69.1 Å². The molecule has 6 nitrogen and oxygen atoms in total. The van der Waals surface area contributed by atoms with Crippen molar-refractivity contribution in [3.63, 3.8) is 0 Å². The molecule has 0 amide bonds. The highest BCUT2D eigenvalue weighted by Gasteiger charge is 2.14. The highest BCUT2D eigenvalue weighted by Crippen LogP contribution is 2.14. The first-order chi connectivity index (χ1) is 10.1. The molecule has 0 aliphatic heterocycles. The Hall–Kier alpha value is -2.41. The van der Waals surface area contributed by atoms with Crippen LogP contribution in [-0.2, 0) is 6.54 Å². The minimum atomic E-state index is -0.675. The molecule has 21 heavy (non-hydrogen) atoms. The van der Waals surface area contributed by atoms with Crippen LogP contribution in [0.1, 0.15) is 0 Å². The lowest BCUT2D eigenvalue weighted by Crippen LogP contribution is -2.24. The van der Waals surface area contributed by atoms with Gasteiger partial charge in [0.15, 0.2) is 0 Å². The maximum Gasteiger partial charge on any atom is 0.334 e. The lowest BCUT2D eigenvalue weighted by molar-refractivity contribution is -0.386. The summed E-state index contributed by atoms with van der Waals surface area (Å²) >= 11 is 1.40. The fourth-order valence-corrected chi connectivity index (χ4v) is 2.19. The smallest absolute Gasteiger partial charge is 0.303 e. The van der Waals surface area contributed by atoms with Gasteiger partial charge in [-0.3, -0.25) is 14.9 Å². The number of hydrogen-bond acceptors (Lipinski definition) is 5. The second-order valence-corrected chi connectivity index (χ2v) is 5.01. The van der Waals surface area contributed by atoms with E-state index in [1.807, 2.05) is 36.6 Å². The SMILES string of the molecule is CSC(Cn1cccc([N+](=O)[O-])c1=O)=Nc1ccccc1. The Balaban J connectivity index is 2.32. The minimum absolute atomic E-state index is 0.205. The molecule has 0 spiro atoms. The number of nitrogens with zero attached hydrogens (tertiary/aromatic N) is 3. The molecule has 1 aromatic carbocycles. The number of rotatable bonds is 4. The van der Waals surface area contributed by atoms with E-state index < -0.39 is 16.2 Å². The molecule has 0 atom stereocenters. The van der Waals surface area contributed by atoms with E-state index in [9.17, 15) is 14.9 Å². The largest absolute Gasteiger partial charge is 0.334 e. The minimum Gasteiger partial charge on any atom is -0.303 e. The molecule has 0 radical (unpaired) electrons.